The van der Waals surface area contributed by atoms with Crippen LogP contribution >= 0.6 is 0 Å². The van der Waals surface area contributed by atoms with Crippen LogP contribution in [-0.4, -0.2) is 20.7 Å². The molecule has 0 bridgehead atoms. The van der Waals surface area contributed by atoms with Crippen LogP contribution in [0.3, 0.4) is 0 Å². The van der Waals surface area contributed by atoms with E-state index >= 15 is 0 Å². The predicted molar refractivity (Wildman–Crippen MR) is 37.7 cm³/mol. The van der Waals surface area contributed by atoms with Crippen molar-refractivity contribution in [3.63, 3.8) is 0 Å². The Kier molecular flexibility index (Phi) is 3.61. The van der Waals surface area contributed by atoms with E-state index in [-0.39, 0.29) is 6.54 Å². The van der Waals surface area contributed by atoms with E-state index in [0.717, 1.165) is 0 Å². The van der Waals surface area contributed by atoms with Gasteiger partial charge < -0.3 is 0 Å². The smallest absolute Gasteiger partial charge is 0.206 e. The lowest BCUT2D eigenvalue weighted by Gasteiger charge is -2.03. The number of hydrogen-bond acceptors (Lipinski definition) is 2. The van der Waals surface area contributed by atoms with Gasteiger partial charge in [-0.15, -0.1) is 0 Å². The Balaban J connectivity index is 4.05. The first-order valence-electron chi connectivity index (χ1n) is 2.77. The molecule has 0 aromatic carbocycles. The molecule has 0 fully saturated rings. The summed E-state index contributed by atoms with van der Waals surface area (Å²) in [5, 5.41) is 0. The molecule has 0 rings (SSSR count). The average Bonchev–Trinajstić information content (AvgIpc) is 1.84. The molecule has 0 radical (unpaired) electrons. The van der Waals surface area contributed by atoms with Gasteiger partial charge in [0.2, 0.25) is 0 Å². The van der Waals surface area contributed by atoms with E-state index in [2.05, 4.69) is 6.58 Å². The molecule has 0 unspecified atom stereocenters. The molecule has 0 aliphatic rings. The van der Waals surface area contributed by atoms with Gasteiger partial charge in [-0.05, 0) is 6.92 Å². The summed E-state index contributed by atoms with van der Waals surface area (Å²) in [6.45, 7) is 4.74. The number of sulfonamides is 1. The van der Waals surface area contributed by atoms with Crippen molar-refractivity contribution in [2.24, 2.45) is 0 Å². The zero-order valence-electron chi connectivity index (χ0n) is 5.97. The van der Waals surface area contributed by atoms with Crippen molar-refractivity contribution in [2.75, 3.05) is 6.54 Å². The van der Waals surface area contributed by atoms with Crippen molar-refractivity contribution in [1.82, 2.24) is 4.72 Å². The molecule has 0 saturated heterocycles. The Bertz CT molecular complexity index is 235. The van der Waals surface area contributed by atoms with Gasteiger partial charge in [-0.25, -0.2) is 13.1 Å². The SMILES string of the molecule is C=C(C)CNS(=O)(=O)C(F)F. The highest BCUT2D eigenvalue weighted by Gasteiger charge is 2.22. The molecule has 0 atom stereocenters. The molecule has 3 nitrogen and oxygen atoms in total. The molecule has 0 aliphatic heterocycles. The van der Waals surface area contributed by atoms with Gasteiger partial charge in [0.1, 0.15) is 0 Å². The molecule has 1 N–H and O–H groups in total. The molecule has 0 aromatic heterocycles. The van der Waals surface area contributed by atoms with Crippen molar-refractivity contribution in [3.05, 3.63) is 12.2 Å². The van der Waals surface area contributed by atoms with Crippen molar-refractivity contribution in [2.45, 2.75) is 12.7 Å². The third-order valence-electron chi connectivity index (χ3n) is 0.810. The summed E-state index contributed by atoms with van der Waals surface area (Å²) in [5.74, 6) is -3.37. The van der Waals surface area contributed by atoms with E-state index in [1.807, 2.05) is 0 Å². The molecule has 0 aromatic rings. The van der Waals surface area contributed by atoms with Gasteiger partial charge in [-0.2, -0.15) is 8.78 Å². The monoisotopic (exact) mass is 185 g/mol. The third kappa shape index (κ3) is 4.05. The van der Waals surface area contributed by atoms with E-state index in [9.17, 15) is 17.2 Å². The third-order valence-corrected chi connectivity index (χ3v) is 1.83. The summed E-state index contributed by atoms with van der Waals surface area (Å²) in [5.41, 5.74) is 0.481. The standard InChI is InChI=1S/C5H9F2NO2S/c1-4(2)3-8-11(9,10)5(6)7/h5,8H,1,3H2,2H3. The van der Waals surface area contributed by atoms with Gasteiger partial charge in [0.05, 0.1) is 0 Å². The lowest BCUT2D eigenvalue weighted by Crippen LogP contribution is -2.30. The van der Waals surface area contributed by atoms with Crippen molar-refractivity contribution < 1.29 is 17.2 Å². The quantitative estimate of drug-likeness (QED) is 0.655. The number of nitrogens with one attached hydrogen (secondary N) is 1. The maximum Gasteiger partial charge on any atom is 0.350 e. The number of hydrogen-bond donors (Lipinski definition) is 1. The molecule has 11 heavy (non-hydrogen) atoms. The second-order valence-electron chi connectivity index (χ2n) is 2.08. The second kappa shape index (κ2) is 3.77. The molecule has 0 spiro atoms. The fourth-order valence-corrected chi connectivity index (χ4v) is 0.860. The average molecular weight is 185 g/mol. The van der Waals surface area contributed by atoms with Gasteiger partial charge in [0.25, 0.3) is 10.0 Å². The maximum absolute atomic E-state index is 11.6. The molecule has 0 heterocycles. The van der Waals surface area contributed by atoms with Crippen LogP contribution in [0.2, 0.25) is 0 Å². The first kappa shape index (κ1) is 10.5. The lowest BCUT2D eigenvalue weighted by atomic mass is 10.4. The molecule has 66 valence electrons. The van der Waals surface area contributed by atoms with Crippen LogP contribution in [0, 0.1) is 0 Å². The Labute approximate surface area is 64.2 Å². The fourth-order valence-electron chi connectivity index (χ4n) is 0.287. The molecule has 0 saturated carbocycles. The van der Waals surface area contributed by atoms with E-state index < -0.39 is 15.8 Å². The summed E-state index contributed by atoms with van der Waals surface area (Å²) in [7, 11) is -4.44. The van der Waals surface area contributed by atoms with Crippen LogP contribution < -0.4 is 4.72 Å². The highest BCUT2D eigenvalue weighted by atomic mass is 32.2. The first-order chi connectivity index (χ1) is 4.86. The van der Waals surface area contributed by atoms with Crippen molar-refractivity contribution >= 4 is 10.0 Å². The highest BCUT2D eigenvalue weighted by Crippen LogP contribution is 2.01. The minimum Gasteiger partial charge on any atom is -0.206 e. The summed E-state index contributed by atoms with van der Waals surface area (Å²) in [6.07, 6.45) is 0. The molecule has 0 amide bonds. The van der Waals surface area contributed by atoms with E-state index in [1.54, 1.807) is 4.72 Å². The Morgan fingerprint density at radius 2 is 2.09 bits per heavy atom. The van der Waals surface area contributed by atoms with Crippen molar-refractivity contribution in [1.29, 1.82) is 0 Å². The van der Waals surface area contributed by atoms with Crippen LogP contribution in [0.1, 0.15) is 6.92 Å². The summed E-state index contributed by atoms with van der Waals surface area (Å²) in [6, 6.07) is 0. The van der Waals surface area contributed by atoms with Gasteiger partial charge in [-0.3, -0.25) is 0 Å². The van der Waals surface area contributed by atoms with Gasteiger partial charge >= 0.3 is 5.76 Å². The van der Waals surface area contributed by atoms with Crippen LogP contribution in [0.25, 0.3) is 0 Å². The minimum atomic E-state index is -4.44. The largest absolute Gasteiger partial charge is 0.350 e. The predicted octanol–water partition coefficient (Wildman–Crippen LogP) is 0.704. The molecule has 6 heteroatoms. The summed E-state index contributed by atoms with van der Waals surface area (Å²) >= 11 is 0. The fraction of sp³-hybridized carbons (Fsp3) is 0.600. The highest BCUT2D eigenvalue weighted by molar-refractivity contribution is 7.89. The topological polar surface area (TPSA) is 46.2 Å². The van der Waals surface area contributed by atoms with Crippen LogP contribution in [0.4, 0.5) is 8.78 Å². The Morgan fingerprint density at radius 3 is 2.36 bits per heavy atom. The second-order valence-corrected chi connectivity index (χ2v) is 3.82. The molecule has 0 aliphatic carbocycles. The number of rotatable bonds is 4. The first-order valence-corrected chi connectivity index (χ1v) is 4.32. The zero-order chi connectivity index (χ0) is 9.07. The number of halogens is 2. The zero-order valence-corrected chi connectivity index (χ0v) is 6.79. The maximum atomic E-state index is 11.6. The lowest BCUT2D eigenvalue weighted by molar-refractivity contribution is 0.232. The van der Waals surface area contributed by atoms with Gasteiger partial charge in [0, 0.05) is 6.54 Å². The van der Waals surface area contributed by atoms with Crippen molar-refractivity contribution in [3.8, 4) is 0 Å². The Hall–Kier alpha value is -0.490. The normalized spacial score (nSPS) is 12.0. The van der Waals surface area contributed by atoms with E-state index in [4.69, 9.17) is 0 Å². The summed E-state index contributed by atoms with van der Waals surface area (Å²) < 4.78 is 45.5. The minimum absolute atomic E-state index is 0.146. The Morgan fingerprint density at radius 1 is 1.64 bits per heavy atom. The van der Waals surface area contributed by atoms with Gasteiger partial charge in [0.15, 0.2) is 0 Å². The summed E-state index contributed by atoms with van der Waals surface area (Å²) in [4.78, 5) is 0. The van der Waals surface area contributed by atoms with Crippen LogP contribution in [0.5, 0.6) is 0 Å². The van der Waals surface area contributed by atoms with Gasteiger partial charge in [-0.1, -0.05) is 12.2 Å². The van der Waals surface area contributed by atoms with E-state index in [0.29, 0.717) is 5.57 Å². The van der Waals surface area contributed by atoms with Crippen LogP contribution in [-0.2, 0) is 10.0 Å². The van der Waals surface area contributed by atoms with E-state index in [1.165, 1.54) is 6.92 Å². The van der Waals surface area contributed by atoms with Crippen LogP contribution in [0.15, 0.2) is 12.2 Å². The molecular weight excluding hydrogens is 176 g/mol. The number of alkyl halides is 2. The molecular formula is C5H9F2NO2S.